The summed E-state index contributed by atoms with van der Waals surface area (Å²) in [5, 5.41) is 4.09. The summed E-state index contributed by atoms with van der Waals surface area (Å²) in [6.07, 6.45) is 6.85. The van der Waals surface area contributed by atoms with E-state index >= 15 is 0 Å². The first-order valence-electron chi connectivity index (χ1n) is 10.9. The average Bonchev–Trinajstić information content (AvgIpc) is 2.78. The molecule has 7 nitrogen and oxygen atoms in total. The van der Waals surface area contributed by atoms with Gasteiger partial charge in [0.25, 0.3) is 5.91 Å². The fourth-order valence-electron chi connectivity index (χ4n) is 4.25. The van der Waals surface area contributed by atoms with E-state index in [1.165, 1.54) is 6.26 Å². The van der Waals surface area contributed by atoms with Crippen LogP contribution in [-0.2, 0) is 9.84 Å². The second kappa shape index (κ2) is 8.86. The summed E-state index contributed by atoms with van der Waals surface area (Å²) in [7, 11) is -3.29. The fourth-order valence-corrected chi connectivity index (χ4v) is 4.88. The van der Waals surface area contributed by atoms with Crippen LogP contribution in [0.2, 0.25) is 0 Å². The molecule has 0 saturated carbocycles. The first-order valence-corrected chi connectivity index (χ1v) is 12.8. The topological polar surface area (TPSA) is 92.3 Å². The first kappa shape index (κ1) is 22.2. The molecule has 1 aliphatic rings. The van der Waals surface area contributed by atoms with Gasteiger partial charge in [-0.2, -0.15) is 0 Å². The number of likely N-dealkylation sites (tertiary alicyclic amines) is 1. The number of sulfone groups is 1. The Morgan fingerprint density at radius 1 is 1.16 bits per heavy atom. The van der Waals surface area contributed by atoms with Crippen LogP contribution in [0.15, 0.2) is 47.5 Å². The summed E-state index contributed by atoms with van der Waals surface area (Å²) < 4.78 is 23.6. The zero-order valence-corrected chi connectivity index (χ0v) is 19.4. The highest BCUT2D eigenvalue weighted by molar-refractivity contribution is 7.90. The third-order valence-electron chi connectivity index (χ3n) is 6.01. The number of hydrogen-bond donors (Lipinski definition) is 1. The number of aromatic nitrogens is 2. The minimum Gasteiger partial charge on any atom is -0.354 e. The molecule has 168 valence electrons. The van der Waals surface area contributed by atoms with Crippen LogP contribution in [0, 0.1) is 6.92 Å². The minimum atomic E-state index is -3.29. The number of aryl methyl sites for hydroxylation is 1. The monoisotopic (exact) mass is 452 g/mol. The van der Waals surface area contributed by atoms with Crippen molar-refractivity contribution in [3.8, 4) is 0 Å². The number of piperidine rings is 1. The molecule has 0 bridgehead atoms. The fraction of sp³-hybridized carbons (Fsp3) is 0.375. The van der Waals surface area contributed by atoms with Crippen LogP contribution in [0.1, 0.15) is 48.7 Å². The SMILES string of the molecule is CC[C@H]1CCCCN1C(=O)c1cnc2nc(C)ccc2c1Nc1ccc(S(C)(=O)=O)cc1. The predicted octanol–water partition coefficient (Wildman–Crippen LogP) is 4.49. The number of carbonyl (C=O) groups is 1. The van der Waals surface area contributed by atoms with Crippen LogP contribution >= 0.6 is 0 Å². The molecule has 1 atom stereocenters. The Bertz CT molecular complexity index is 1260. The van der Waals surface area contributed by atoms with Crippen LogP contribution in [0.4, 0.5) is 11.4 Å². The van der Waals surface area contributed by atoms with Gasteiger partial charge in [0.2, 0.25) is 0 Å². The van der Waals surface area contributed by atoms with E-state index in [1.807, 2.05) is 24.0 Å². The van der Waals surface area contributed by atoms with Crippen LogP contribution in [0.25, 0.3) is 11.0 Å². The van der Waals surface area contributed by atoms with Gasteiger partial charge in [-0.1, -0.05) is 6.92 Å². The highest BCUT2D eigenvalue weighted by Crippen LogP contribution is 2.32. The summed E-state index contributed by atoms with van der Waals surface area (Å²) in [6.45, 7) is 4.75. The Morgan fingerprint density at radius 2 is 1.91 bits per heavy atom. The van der Waals surface area contributed by atoms with Crippen molar-refractivity contribution in [3.63, 3.8) is 0 Å². The van der Waals surface area contributed by atoms with E-state index < -0.39 is 9.84 Å². The van der Waals surface area contributed by atoms with Crippen LogP contribution in [0.5, 0.6) is 0 Å². The molecular formula is C24H28N4O3S. The Labute approximate surface area is 188 Å². The highest BCUT2D eigenvalue weighted by Gasteiger charge is 2.28. The first-order chi connectivity index (χ1) is 15.3. The molecule has 1 aromatic carbocycles. The molecule has 1 aliphatic heterocycles. The summed E-state index contributed by atoms with van der Waals surface area (Å²) in [5.41, 5.74) is 3.22. The maximum atomic E-state index is 13.6. The number of nitrogens with zero attached hydrogens (tertiary/aromatic N) is 3. The van der Waals surface area contributed by atoms with E-state index in [9.17, 15) is 13.2 Å². The van der Waals surface area contributed by atoms with Gasteiger partial charge < -0.3 is 10.2 Å². The van der Waals surface area contributed by atoms with Crippen LogP contribution < -0.4 is 5.32 Å². The van der Waals surface area contributed by atoms with Gasteiger partial charge in [0, 0.05) is 41.8 Å². The molecule has 0 aliphatic carbocycles. The average molecular weight is 453 g/mol. The van der Waals surface area contributed by atoms with Gasteiger partial charge in [-0.05, 0) is 69.0 Å². The van der Waals surface area contributed by atoms with Gasteiger partial charge in [0.05, 0.1) is 16.1 Å². The molecular weight excluding hydrogens is 424 g/mol. The predicted molar refractivity (Wildman–Crippen MR) is 126 cm³/mol. The summed E-state index contributed by atoms with van der Waals surface area (Å²) >= 11 is 0. The largest absolute Gasteiger partial charge is 0.354 e. The van der Waals surface area contributed by atoms with Gasteiger partial charge in [-0.3, -0.25) is 4.79 Å². The number of fused-ring (bicyclic) bond motifs is 1. The van der Waals surface area contributed by atoms with Gasteiger partial charge in [-0.15, -0.1) is 0 Å². The molecule has 1 N–H and O–H groups in total. The maximum Gasteiger partial charge on any atom is 0.257 e. The molecule has 32 heavy (non-hydrogen) atoms. The maximum absolute atomic E-state index is 13.6. The molecule has 1 fully saturated rings. The number of amides is 1. The molecule has 8 heteroatoms. The normalized spacial score (nSPS) is 16.8. The lowest BCUT2D eigenvalue weighted by Crippen LogP contribution is -2.43. The van der Waals surface area contributed by atoms with E-state index in [0.29, 0.717) is 22.6 Å². The van der Waals surface area contributed by atoms with Crippen molar-refractivity contribution in [1.29, 1.82) is 0 Å². The van der Waals surface area contributed by atoms with Crippen molar-refractivity contribution < 1.29 is 13.2 Å². The summed E-state index contributed by atoms with van der Waals surface area (Å²) in [5.74, 6) is -0.0400. The molecule has 3 heterocycles. The molecule has 0 spiro atoms. The lowest BCUT2D eigenvalue weighted by Gasteiger charge is -2.35. The van der Waals surface area contributed by atoms with Crippen molar-refractivity contribution in [1.82, 2.24) is 14.9 Å². The van der Waals surface area contributed by atoms with Gasteiger partial charge in [0.1, 0.15) is 0 Å². The number of carbonyl (C=O) groups excluding carboxylic acids is 1. The molecule has 4 rings (SSSR count). The Hall–Kier alpha value is -3.00. The number of anilines is 2. The zero-order valence-electron chi connectivity index (χ0n) is 18.6. The van der Waals surface area contributed by atoms with E-state index in [0.717, 1.165) is 43.3 Å². The van der Waals surface area contributed by atoms with Crippen molar-refractivity contribution in [2.45, 2.75) is 50.5 Å². The van der Waals surface area contributed by atoms with Gasteiger partial charge in [0.15, 0.2) is 15.5 Å². The second-order valence-corrected chi connectivity index (χ2v) is 10.4. The van der Waals surface area contributed by atoms with E-state index in [1.54, 1.807) is 30.5 Å². The molecule has 3 aromatic rings. The number of rotatable bonds is 5. The molecule has 2 aromatic heterocycles. The van der Waals surface area contributed by atoms with Crippen molar-refractivity contribution >= 4 is 38.2 Å². The lowest BCUT2D eigenvalue weighted by molar-refractivity contribution is 0.0609. The molecule has 1 amide bonds. The smallest absolute Gasteiger partial charge is 0.257 e. The Morgan fingerprint density at radius 3 is 2.59 bits per heavy atom. The van der Waals surface area contributed by atoms with E-state index in [2.05, 4.69) is 22.2 Å². The summed E-state index contributed by atoms with van der Waals surface area (Å²) in [6, 6.07) is 10.6. The highest BCUT2D eigenvalue weighted by atomic mass is 32.2. The number of hydrogen-bond acceptors (Lipinski definition) is 6. The van der Waals surface area contributed by atoms with Gasteiger partial charge in [-0.25, -0.2) is 18.4 Å². The number of nitrogens with one attached hydrogen (secondary N) is 1. The third kappa shape index (κ3) is 4.46. The van der Waals surface area contributed by atoms with Crippen molar-refractivity contribution in [3.05, 3.63) is 53.9 Å². The van der Waals surface area contributed by atoms with Crippen LogP contribution in [-0.4, -0.2) is 48.0 Å². The zero-order chi connectivity index (χ0) is 22.9. The number of pyridine rings is 2. The van der Waals surface area contributed by atoms with Crippen molar-refractivity contribution in [2.75, 3.05) is 18.1 Å². The van der Waals surface area contributed by atoms with Crippen molar-refractivity contribution in [2.24, 2.45) is 0 Å². The Kier molecular flexibility index (Phi) is 6.15. The summed E-state index contributed by atoms with van der Waals surface area (Å²) in [4.78, 5) is 24.8. The molecule has 0 unspecified atom stereocenters. The molecule has 1 saturated heterocycles. The standard InChI is InChI=1S/C24H28N4O3S/c1-4-18-7-5-6-14-28(18)24(29)21-15-25-23-20(13-8-16(2)26-23)22(21)27-17-9-11-19(12-10-17)32(3,30)31/h8-13,15,18H,4-7,14H2,1-3H3,(H,25,26,27)/t18-/m0/s1. The quantitative estimate of drug-likeness (QED) is 0.613. The van der Waals surface area contributed by atoms with E-state index in [4.69, 9.17) is 0 Å². The Balaban J connectivity index is 1.79. The third-order valence-corrected chi connectivity index (χ3v) is 7.14. The minimum absolute atomic E-state index is 0.0400. The van der Waals surface area contributed by atoms with Gasteiger partial charge >= 0.3 is 0 Å². The molecule has 0 radical (unpaired) electrons. The van der Waals surface area contributed by atoms with E-state index in [-0.39, 0.29) is 16.8 Å². The number of benzene rings is 1. The van der Waals surface area contributed by atoms with Crippen LogP contribution in [0.3, 0.4) is 0 Å². The second-order valence-electron chi connectivity index (χ2n) is 8.35. The lowest BCUT2D eigenvalue weighted by atomic mass is 9.98.